The van der Waals surface area contributed by atoms with E-state index in [0.29, 0.717) is 47.8 Å². The largest absolute Gasteiger partial charge is 0.486 e. The Balaban J connectivity index is 1.83. The number of ether oxygens (including phenoxy) is 4. The fraction of sp³-hybridized carbons (Fsp3) is 0.421. The Labute approximate surface area is 162 Å². The highest BCUT2D eigenvalue weighted by Gasteiger charge is 2.35. The molecule has 28 heavy (non-hydrogen) atoms. The third kappa shape index (κ3) is 3.18. The van der Waals surface area contributed by atoms with Crippen molar-refractivity contribution >= 4 is 11.9 Å². The molecule has 1 aromatic carbocycles. The number of allylic oxidation sites excluding steroid dienone is 1. The fourth-order valence-corrected chi connectivity index (χ4v) is 3.40. The molecule has 0 amide bonds. The number of hydrogen-bond acceptors (Lipinski definition) is 8. The average molecular weight is 386 g/mol. The lowest BCUT2D eigenvalue weighted by atomic mass is 9.95. The number of methoxy groups -OCH3 is 1. The molecule has 0 radical (unpaired) electrons. The van der Waals surface area contributed by atoms with E-state index < -0.39 is 12.0 Å². The van der Waals surface area contributed by atoms with Gasteiger partial charge in [-0.25, -0.2) is 9.48 Å². The summed E-state index contributed by atoms with van der Waals surface area (Å²) in [6, 6.07) is 5.11. The second kappa shape index (κ2) is 7.51. The van der Waals surface area contributed by atoms with E-state index in [0.717, 1.165) is 5.56 Å². The molecule has 0 saturated carbocycles. The first-order chi connectivity index (χ1) is 13.6. The molecule has 1 unspecified atom stereocenters. The van der Waals surface area contributed by atoms with Crippen molar-refractivity contribution in [2.75, 3.05) is 32.2 Å². The molecule has 1 aromatic heterocycles. The van der Waals surface area contributed by atoms with Gasteiger partial charge in [0.05, 0.1) is 12.2 Å². The van der Waals surface area contributed by atoms with Crippen molar-refractivity contribution < 1.29 is 23.7 Å². The summed E-state index contributed by atoms with van der Waals surface area (Å²) in [6.07, 6.45) is 0. The third-order valence-electron chi connectivity index (χ3n) is 4.55. The number of carbonyl (C=O) groups excluding carboxylic acids is 1. The lowest BCUT2D eigenvalue weighted by molar-refractivity contribution is -0.139. The molecule has 4 rings (SSSR count). The van der Waals surface area contributed by atoms with Crippen LogP contribution >= 0.6 is 0 Å². The van der Waals surface area contributed by atoms with E-state index in [1.807, 2.05) is 25.1 Å². The van der Waals surface area contributed by atoms with E-state index in [4.69, 9.17) is 18.9 Å². The Kier molecular flexibility index (Phi) is 4.91. The van der Waals surface area contributed by atoms with Gasteiger partial charge < -0.3 is 24.3 Å². The van der Waals surface area contributed by atoms with Crippen LogP contribution in [0.1, 0.15) is 31.3 Å². The van der Waals surface area contributed by atoms with E-state index in [1.54, 1.807) is 18.7 Å². The lowest BCUT2D eigenvalue weighted by Gasteiger charge is -2.29. The van der Waals surface area contributed by atoms with Gasteiger partial charge in [0.15, 0.2) is 17.3 Å². The maximum Gasteiger partial charge on any atom is 0.338 e. The summed E-state index contributed by atoms with van der Waals surface area (Å²) in [5.74, 6) is 1.98. The number of rotatable bonds is 5. The summed E-state index contributed by atoms with van der Waals surface area (Å²) >= 11 is 0. The maximum atomic E-state index is 12.8. The number of benzene rings is 1. The first-order valence-corrected chi connectivity index (χ1v) is 9.11. The minimum absolute atomic E-state index is 0.267. The molecule has 3 heterocycles. The number of hydrogen-bond donors (Lipinski definition) is 1. The Morgan fingerprint density at radius 1 is 1.32 bits per heavy atom. The van der Waals surface area contributed by atoms with Gasteiger partial charge in [0, 0.05) is 12.8 Å². The predicted octanol–water partition coefficient (Wildman–Crippen LogP) is 2.05. The number of fused-ring (bicyclic) bond motifs is 2. The van der Waals surface area contributed by atoms with Gasteiger partial charge in [0.2, 0.25) is 5.95 Å². The monoisotopic (exact) mass is 386 g/mol. The number of nitrogens with zero attached hydrogens (tertiary/aromatic N) is 3. The SMILES string of the molecule is CCOC(=O)C1=C(C)Nc2nc(COC)nn2C1c1ccc2c(c1)OCCO2. The normalized spacial score (nSPS) is 17.8. The minimum Gasteiger partial charge on any atom is -0.486 e. The van der Waals surface area contributed by atoms with Crippen molar-refractivity contribution in [3.05, 3.63) is 40.9 Å². The van der Waals surface area contributed by atoms with Crippen LogP contribution in [-0.4, -0.2) is 47.7 Å². The quantitative estimate of drug-likeness (QED) is 0.780. The smallest absolute Gasteiger partial charge is 0.338 e. The van der Waals surface area contributed by atoms with Crippen molar-refractivity contribution in [2.45, 2.75) is 26.5 Å². The van der Waals surface area contributed by atoms with Gasteiger partial charge >= 0.3 is 5.97 Å². The number of carbonyl (C=O) groups is 1. The lowest BCUT2D eigenvalue weighted by Crippen LogP contribution is -2.30. The van der Waals surface area contributed by atoms with Crippen molar-refractivity contribution in [1.29, 1.82) is 0 Å². The Morgan fingerprint density at radius 3 is 2.86 bits per heavy atom. The first-order valence-electron chi connectivity index (χ1n) is 9.11. The van der Waals surface area contributed by atoms with Crippen molar-refractivity contribution in [3.63, 3.8) is 0 Å². The summed E-state index contributed by atoms with van der Waals surface area (Å²) in [5, 5.41) is 7.69. The van der Waals surface area contributed by atoms with Crippen molar-refractivity contribution in [3.8, 4) is 11.5 Å². The number of anilines is 1. The molecule has 2 aliphatic rings. The van der Waals surface area contributed by atoms with Crippen LogP contribution in [0.4, 0.5) is 5.95 Å². The topological polar surface area (TPSA) is 96.7 Å². The molecule has 0 bridgehead atoms. The van der Waals surface area contributed by atoms with Gasteiger partial charge in [-0.15, -0.1) is 0 Å². The van der Waals surface area contributed by atoms with Gasteiger partial charge in [-0.3, -0.25) is 0 Å². The van der Waals surface area contributed by atoms with Gasteiger partial charge in [0.1, 0.15) is 25.9 Å². The zero-order valence-electron chi connectivity index (χ0n) is 16.0. The first kappa shape index (κ1) is 18.3. The van der Waals surface area contributed by atoms with E-state index in [-0.39, 0.29) is 13.2 Å². The van der Waals surface area contributed by atoms with E-state index in [1.165, 1.54) is 0 Å². The van der Waals surface area contributed by atoms with Crippen molar-refractivity contribution in [2.24, 2.45) is 0 Å². The Hall–Kier alpha value is -3.07. The molecule has 1 atom stereocenters. The zero-order valence-corrected chi connectivity index (χ0v) is 16.0. The Morgan fingerprint density at radius 2 is 2.11 bits per heavy atom. The van der Waals surface area contributed by atoms with Crippen molar-refractivity contribution in [1.82, 2.24) is 14.8 Å². The summed E-state index contributed by atoms with van der Waals surface area (Å²) in [6.45, 7) is 5.15. The summed E-state index contributed by atoms with van der Waals surface area (Å²) in [7, 11) is 1.58. The van der Waals surface area contributed by atoms with Gasteiger partial charge in [0.25, 0.3) is 0 Å². The Bertz CT molecular complexity index is 936. The number of esters is 1. The fourth-order valence-electron chi connectivity index (χ4n) is 3.40. The van der Waals surface area contributed by atoms with Crippen LogP contribution in [0.2, 0.25) is 0 Å². The molecule has 2 aliphatic heterocycles. The summed E-state index contributed by atoms with van der Waals surface area (Å²) in [4.78, 5) is 17.2. The van der Waals surface area contributed by atoms with Gasteiger partial charge in [-0.2, -0.15) is 10.1 Å². The molecule has 0 spiro atoms. The number of nitrogens with one attached hydrogen (secondary N) is 1. The molecule has 148 valence electrons. The molecule has 2 aromatic rings. The summed E-state index contributed by atoms with van der Waals surface area (Å²) < 4.78 is 23.5. The zero-order chi connectivity index (χ0) is 19.7. The summed E-state index contributed by atoms with van der Waals surface area (Å²) in [5.41, 5.74) is 1.96. The molecule has 0 fully saturated rings. The van der Waals surface area contributed by atoms with Crippen LogP contribution in [0, 0.1) is 0 Å². The van der Waals surface area contributed by atoms with E-state index >= 15 is 0 Å². The third-order valence-corrected chi connectivity index (χ3v) is 4.55. The molecular weight excluding hydrogens is 364 g/mol. The molecular formula is C19H22N4O5. The number of aromatic nitrogens is 3. The van der Waals surface area contributed by atoms with Crippen LogP contribution < -0.4 is 14.8 Å². The van der Waals surface area contributed by atoms with E-state index in [9.17, 15) is 4.79 Å². The minimum atomic E-state index is -0.510. The highest BCUT2D eigenvalue weighted by molar-refractivity contribution is 5.92. The molecule has 0 aliphatic carbocycles. The molecule has 0 saturated heterocycles. The average Bonchev–Trinajstić information content (AvgIpc) is 3.08. The van der Waals surface area contributed by atoms with E-state index in [2.05, 4.69) is 15.4 Å². The van der Waals surface area contributed by atoms with Gasteiger partial charge in [-0.1, -0.05) is 6.07 Å². The van der Waals surface area contributed by atoms with Crippen LogP contribution in [0.5, 0.6) is 11.5 Å². The van der Waals surface area contributed by atoms with Crippen LogP contribution in [0.3, 0.4) is 0 Å². The molecule has 9 nitrogen and oxygen atoms in total. The highest BCUT2D eigenvalue weighted by Crippen LogP contribution is 2.39. The molecule has 1 N–H and O–H groups in total. The van der Waals surface area contributed by atoms with Crippen LogP contribution in [-0.2, 0) is 20.9 Å². The second-order valence-electron chi connectivity index (χ2n) is 6.42. The van der Waals surface area contributed by atoms with Gasteiger partial charge in [-0.05, 0) is 31.5 Å². The maximum absolute atomic E-state index is 12.8. The predicted molar refractivity (Wildman–Crippen MR) is 99.3 cm³/mol. The molecule has 9 heteroatoms. The van der Waals surface area contributed by atoms with Crippen LogP contribution in [0.15, 0.2) is 29.5 Å². The second-order valence-corrected chi connectivity index (χ2v) is 6.42. The highest BCUT2D eigenvalue weighted by atomic mass is 16.6. The standard InChI is InChI=1S/C19H22N4O5/c1-4-26-18(24)16-11(2)20-19-21-15(10-25-3)22-23(19)17(16)12-5-6-13-14(9-12)28-8-7-27-13/h5-6,9,17H,4,7-8,10H2,1-3H3,(H,20,21,22). The van der Waals surface area contributed by atoms with Crippen LogP contribution in [0.25, 0.3) is 0 Å².